The van der Waals surface area contributed by atoms with Gasteiger partial charge in [0.2, 0.25) is 0 Å². The van der Waals surface area contributed by atoms with E-state index in [1.54, 1.807) is 0 Å². The Balaban J connectivity index is 0.00000128. The Morgan fingerprint density at radius 3 is 2.12 bits per heavy atom. The summed E-state index contributed by atoms with van der Waals surface area (Å²) in [4.78, 5) is 12.0. The molecule has 0 radical (unpaired) electrons. The fourth-order valence-electron chi connectivity index (χ4n) is 2.35. The number of rotatable bonds is 0. The molecule has 2 rings (SSSR count). The van der Waals surface area contributed by atoms with Gasteiger partial charge in [-0.1, -0.05) is 6.42 Å². The van der Waals surface area contributed by atoms with Crippen molar-refractivity contribution in [1.82, 2.24) is 10.2 Å². The van der Waals surface area contributed by atoms with Crippen molar-refractivity contribution in [3.63, 3.8) is 0 Å². The van der Waals surface area contributed by atoms with Crippen LogP contribution in [0.15, 0.2) is 0 Å². The third-order valence-electron chi connectivity index (χ3n) is 2.99. The van der Waals surface area contributed by atoms with Crippen molar-refractivity contribution in [2.45, 2.75) is 37.5 Å². The molecule has 0 aromatic rings. The van der Waals surface area contributed by atoms with Crippen molar-refractivity contribution in [3.8, 4) is 0 Å². The van der Waals surface area contributed by atoms with Crippen LogP contribution >= 0.6 is 12.4 Å². The lowest BCUT2D eigenvalue weighted by Gasteiger charge is -2.42. The van der Waals surface area contributed by atoms with Gasteiger partial charge in [-0.25, -0.2) is 0 Å². The fraction of sp³-hybridized carbons (Fsp3) is 0.889. The highest BCUT2D eigenvalue weighted by Crippen LogP contribution is 2.24. The molecular weight excluding hydrogens is 245 g/mol. The number of hydrogen-bond donors (Lipinski definition) is 1. The molecule has 7 heteroatoms. The van der Waals surface area contributed by atoms with E-state index in [4.69, 9.17) is 0 Å². The predicted molar refractivity (Wildman–Crippen MR) is 54.4 cm³/mol. The average Bonchev–Trinajstić information content (AvgIpc) is 2.14. The lowest BCUT2D eigenvalue weighted by molar-refractivity contribution is -0.187. The lowest BCUT2D eigenvalue weighted by atomic mass is 9.94. The number of halogens is 4. The van der Waals surface area contributed by atoms with Gasteiger partial charge < -0.3 is 10.2 Å². The maximum atomic E-state index is 12.2. The number of hydrogen-bond acceptors (Lipinski definition) is 2. The summed E-state index contributed by atoms with van der Waals surface area (Å²) >= 11 is 0. The first kappa shape index (κ1) is 13.6. The van der Waals surface area contributed by atoms with Crippen LogP contribution in [0.4, 0.5) is 13.2 Å². The molecule has 2 unspecified atom stereocenters. The van der Waals surface area contributed by atoms with Gasteiger partial charge in [-0.15, -0.1) is 12.4 Å². The second kappa shape index (κ2) is 4.79. The van der Waals surface area contributed by atoms with E-state index in [0.29, 0.717) is 0 Å². The minimum Gasteiger partial charge on any atom is -0.332 e. The van der Waals surface area contributed by atoms with E-state index in [0.717, 1.165) is 24.2 Å². The normalized spacial score (nSPS) is 29.6. The molecule has 0 saturated carbocycles. The molecule has 2 aliphatic heterocycles. The van der Waals surface area contributed by atoms with Gasteiger partial charge in [0.05, 0.1) is 0 Å². The van der Waals surface area contributed by atoms with E-state index in [1.165, 1.54) is 0 Å². The number of nitrogens with zero attached hydrogens (tertiary/aromatic N) is 1. The Morgan fingerprint density at radius 1 is 1.19 bits per heavy atom. The number of amides is 1. The molecule has 3 nitrogen and oxygen atoms in total. The molecule has 2 atom stereocenters. The van der Waals surface area contributed by atoms with Crippen molar-refractivity contribution >= 4 is 18.3 Å². The summed E-state index contributed by atoms with van der Waals surface area (Å²) in [6, 6.07) is 0.0904. The molecule has 16 heavy (non-hydrogen) atoms. The Morgan fingerprint density at radius 2 is 1.69 bits per heavy atom. The quantitative estimate of drug-likeness (QED) is 0.711. The zero-order valence-electron chi connectivity index (χ0n) is 8.59. The smallest absolute Gasteiger partial charge is 0.332 e. The van der Waals surface area contributed by atoms with Crippen LogP contribution in [-0.2, 0) is 4.79 Å². The Bertz CT molecular complexity index is 260. The molecule has 2 saturated heterocycles. The molecule has 0 aromatic carbocycles. The highest BCUT2D eigenvalue weighted by Gasteiger charge is 2.45. The summed E-state index contributed by atoms with van der Waals surface area (Å²) in [6.45, 7) is 0.379. The monoisotopic (exact) mass is 258 g/mol. The molecule has 2 fully saturated rings. The summed E-state index contributed by atoms with van der Waals surface area (Å²) in [6.07, 6.45) is -1.97. The first-order valence-corrected chi connectivity index (χ1v) is 5.09. The van der Waals surface area contributed by atoms with Gasteiger partial charge >= 0.3 is 12.1 Å². The number of nitrogens with one attached hydrogen (secondary N) is 1. The Kier molecular flexibility index (Phi) is 4.07. The summed E-state index contributed by atoms with van der Waals surface area (Å²) in [7, 11) is 0. The summed E-state index contributed by atoms with van der Waals surface area (Å²) in [5.74, 6) is -1.69. The van der Waals surface area contributed by atoms with Gasteiger partial charge in [-0.05, 0) is 12.8 Å². The van der Waals surface area contributed by atoms with E-state index in [9.17, 15) is 18.0 Å². The van der Waals surface area contributed by atoms with Crippen LogP contribution < -0.4 is 5.32 Å². The van der Waals surface area contributed by atoms with Gasteiger partial charge in [0, 0.05) is 25.2 Å². The molecule has 1 amide bonds. The Hall–Kier alpha value is -0.490. The average molecular weight is 259 g/mol. The lowest BCUT2D eigenvalue weighted by Crippen LogP contribution is -2.61. The molecule has 0 aromatic heterocycles. The number of piperidine rings is 1. The van der Waals surface area contributed by atoms with Crippen molar-refractivity contribution < 1.29 is 18.0 Å². The van der Waals surface area contributed by atoms with Gasteiger partial charge in [-0.2, -0.15) is 13.2 Å². The Labute approximate surface area is 97.8 Å². The van der Waals surface area contributed by atoms with Gasteiger partial charge in [0.25, 0.3) is 0 Å². The SMILES string of the molecule is Cl.O=C(N1CC2CCCC(C1)N2)C(F)(F)F. The van der Waals surface area contributed by atoms with Crippen molar-refractivity contribution in [1.29, 1.82) is 0 Å². The minimum absolute atomic E-state index is 0. The minimum atomic E-state index is -4.73. The second-order valence-corrected chi connectivity index (χ2v) is 4.20. The number of likely N-dealkylation sites (tertiary alicyclic amines) is 1. The molecule has 2 heterocycles. The van der Waals surface area contributed by atoms with E-state index < -0.39 is 12.1 Å². The molecule has 0 spiro atoms. The highest BCUT2D eigenvalue weighted by molar-refractivity contribution is 5.85. The van der Waals surface area contributed by atoms with Crippen molar-refractivity contribution in [2.24, 2.45) is 0 Å². The van der Waals surface area contributed by atoms with Crippen molar-refractivity contribution in [2.75, 3.05) is 13.1 Å². The third kappa shape index (κ3) is 2.79. The molecule has 94 valence electrons. The fourth-order valence-corrected chi connectivity index (χ4v) is 2.35. The maximum Gasteiger partial charge on any atom is 0.471 e. The van der Waals surface area contributed by atoms with Gasteiger partial charge in [0.1, 0.15) is 0 Å². The number of carbonyl (C=O) groups is 1. The first-order chi connectivity index (χ1) is 6.97. The topological polar surface area (TPSA) is 32.3 Å². The van der Waals surface area contributed by atoms with E-state index >= 15 is 0 Å². The van der Waals surface area contributed by atoms with Crippen LogP contribution in [-0.4, -0.2) is 42.2 Å². The molecule has 1 N–H and O–H groups in total. The first-order valence-electron chi connectivity index (χ1n) is 5.09. The van der Waals surface area contributed by atoms with E-state index in [2.05, 4.69) is 5.32 Å². The zero-order valence-corrected chi connectivity index (χ0v) is 9.40. The van der Waals surface area contributed by atoms with Crippen molar-refractivity contribution in [3.05, 3.63) is 0 Å². The molecule has 2 aliphatic rings. The predicted octanol–water partition coefficient (Wildman–Crippen LogP) is 1.32. The molecular formula is C9H14ClF3N2O. The zero-order chi connectivity index (χ0) is 11.1. The van der Waals surface area contributed by atoms with E-state index in [1.807, 2.05) is 0 Å². The van der Waals surface area contributed by atoms with Crippen LogP contribution in [0, 0.1) is 0 Å². The molecule has 2 bridgehead atoms. The summed E-state index contributed by atoms with van der Waals surface area (Å²) in [5, 5.41) is 3.23. The van der Waals surface area contributed by atoms with Crippen LogP contribution in [0.1, 0.15) is 19.3 Å². The summed E-state index contributed by atoms with van der Waals surface area (Å²) < 4.78 is 36.6. The van der Waals surface area contributed by atoms with Crippen LogP contribution in [0.5, 0.6) is 0 Å². The number of fused-ring (bicyclic) bond motifs is 2. The number of carbonyl (C=O) groups excluding carboxylic acids is 1. The second-order valence-electron chi connectivity index (χ2n) is 4.20. The van der Waals surface area contributed by atoms with Gasteiger partial charge in [0.15, 0.2) is 0 Å². The van der Waals surface area contributed by atoms with Crippen LogP contribution in [0.3, 0.4) is 0 Å². The molecule has 0 aliphatic carbocycles. The van der Waals surface area contributed by atoms with Gasteiger partial charge in [-0.3, -0.25) is 4.79 Å². The number of piperazine rings is 1. The van der Waals surface area contributed by atoms with Crippen LogP contribution in [0.25, 0.3) is 0 Å². The maximum absolute atomic E-state index is 12.2. The highest BCUT2D eigenvalue weighted by atomic mass is 35.5. The third-order valence-corrected chi connectivity index (χ3v) is 2.99. The van der Waals surface area contributed by atoms with Crippen LogP contribution in [0.2, 0.25) is 0 Å². The van der Waals surface area contributed by atoms with E-state index in [-0.39, 0.29) is 37.6 Å². The largest absolute Gasteiger partial charge is 0.471 e. The number of alkyl halides is 3. The summed E-state index contributed by atoms with van der Waals surface area (Å²) in [5.41, 5.74) is 0. The standard InChI is InChI=1S/C9H13F3N2O.ClH/c10-9(11,12)8(15)14-4-6-2-1-3-7(5-14)13-6;/h6-7,13H,1-5H2;1H.